The molecule has 0 radical (unpaired) electrons. The fourth-order valence-electron chi connectivity index (χ4n) is 4.77. The molecule has 1 aliphatic carbocycles. The third-order valence-corrected chi connectivity index (χ3v) is 8.71. The maximum absolute atomic E-state index is 13.5. The van der Waals surface area contributed by atoms with Crippen molar-refractivity contribution in [2.75, 3.05) is 5.75 Å². The van der Waals surface area contributed by atoms with Gasteiger partial charge in [0.05, 0.1) is 27.7 Å². The van der Waals surface area contributed by atoms with Crippen LogP contribution in [0.3, 0.4) is 0 Å². The first-order valence-corrected chi connectivity index (χ1v) is 13.1. The van der Waals surface area contributed by atoms with Crippen LogP contribution in [-0.2, 0) is 11.2 Å². The Hall–Kier alpha value is -2.67. The van der Waals surface area contributed by atoms with Crippen LogP contribution in [0.1, 0.15) is 29.2 Å². The third-order valence-electron chi connectivity index (χ3n) is 6.29. The summed E-state index contributed by atoms with van der Waals surface area (Å²) in [6.45, 7) is 0. The number of nitrogens with zero attached hydrogens (tertiary/aromatic N) is 3. The molecule has 2 aliphatic rings. The molecule has 4 aromatic rings. The molecule has 4 nitrogen and oxygen atoms in total. The fourth-order valence-corrected chi connectivity index (χ4v) is 6.81. The van der Waals surface area contributed by atoms with Gasteiger partial charge in [0, 0.05) is 16.5 Å². The molecular formula is C26H20ClN3OS2. The Bertz CT molecular complexity index is 1350. The number of rotatable bonds is 4. The molecule has 0 unspecified atom stereocenters. The molecule has 0 N–H and O–H groups in total. The lowest BCUT2D eigenvalue weighted by molar-refractivity contribution is -0.130. The van der Waals surface area contributed by atoms with Crippen LogP contribution >= 0.6 is 34.7 Å². The summed E-state index contributed by atoms with van der Waals surface area (Å²) in [5, 5.41) is 7.33. The van der Waals surface area contributed by atoms with Crippen molar-refractivity contribution in [3.8, 4) is 0 Å². The first-order valence-electron chi connectivity index (χ1n) is 10.9. The minimum Gasteiger partial charge on any atom is -0.272 e. The summed E-state index contributed by atoms with van der Waals surface area (Å²) < 4.78 is 2.04. The van der Waals surface area contributed by atoms with Gasteiger partial charge in [0.1, 0.15) is 0 Å². The van der Waals surface area contributed by atoms with E-state index in [1.165, 1.54) is 22.9 Å². The van der Waals surface area contributed by atoms with E-state index in [1.807, 2.05) is 42.5 Å². The second kappa shape index (κ2) is 8.60. The monoisotopic (exact) mass is 489 g/mol. The van der Waals surface area contributed by atoms with Crippen molar-refractivity contribution in [2.45, 2.75) is 23.2 Å². The molecule has 7 heteroatoms. The number of hydrogen-bond donors (Lipinski definition) is 0. The van der Waals surface area contributed by atoms with Gasteiger partial charge < -0.3 is 0 Å². The minimum absolute atomic E-state index is 0.00131. The summed E-state index contributed by atoms with van der Waals surface area (Å²) >= 11 is 9.26. The number of halogens is 1. The third kappa shape index (κ3) is 3.86. The maximum atomic E-state index is 13.5. The van der Waals surface area contributed by atoms with Crippen LogP contribution in [0.4, 0.5) is 0 Å². The highest BCUT2D eigenvalue weighted by Crippen LogP contribution is 2.44. The van der Waals surface area contributed by atoms with Gasteiger partial charge in [-0.1, -0.05) is 71.9 Å². The van der Waals surface area contributed by atoms with Crippen LogP contribution in [0.5, 0.6) is 0 Å². The molecule has 0 spiro atoms. The van der Waals surface area contributed by atoms with E-state index >= 15 is 0 Å². The molecule has 164 valence electrons. The zero-order chi connectivity index (χ0) is 22.4. The summed E-state index contributed by atoms with van der Waals surface area (Å²) in [6, 6.07) is 24.2. The second-order valence-electron chi connectivity index (χ2n) is 8.26. The molecule has 0 bridgehead atoms. The van der Waals surface area contributed by atoms with Crippen LogP contribution in [0.15, 0.2) is 82.2 Å². The smallest absolute Gasteiger partial charge is 0.253 e. The highest BCUT2D eigenvalue weighted by Gasteiger charge is 2.43. The zero-order valence-electron chi connectivity index (χ0n) is 17.6. The Balaban J connectivity index is 1.31. The van der Waals surface area contributed by atoms with E-state index in [0.29, 0.717) is 10.8 Å². The number of carbonyl (C=O) groups excluding carboxylic acids is 1. The number of aryl methyl sites for hydroxylation is 1. The minimum atomic E-state index is -0.117. The molecular weight excluding hydrogens is 470 g/mol. The molecule has 0 saturated carbocycles. The van der Waals surface area contributed by atoms with Crippen LogP contribution < -0.4 is 0 Å². The van der Waals surface area contributed by atoms with Crippen molar-refractivity contribution in [1.82, 2.24) is 9.99 Å². The quantitative estimate of drug-likeness (QED) is 0.304. The molecule has 1 aliphatic heterocycles. The Morgan fingerprint density at radius 2 is 1.85 bits per heavy atom. The lowest BCUT2D eigenvalue weighted by Gasteiger charge is -2.29. The van der Waals surface area contributed by atoms with Gasteiger partial charge >= 0.3 is 0 Å². The summed E-state index contributed by atoms with van der Waals surface area (Å²) in [7, 11) is 0. The number of hydrogen-bond acceptors (Lipinski definition) is 5. The zero-order valence-corrected chi connectivity index (χ0v) is 20.0. The molecule has 6 rings (SSSR count). The number of aromatic nitrogens is 1. The number of carbonyl (C=O) groups is 1. The van der Waals surface area contributed by atoms with Crippen molar-refractivity contribution in [2.24, 2.45) is 11.0 Å². The van der Waals surface area contributed by atoms with Gasteiger partial charge in [-0.2, -0.15) is 5.10 Å². The van der Waals surface area contributed by atoms with Crippen molar-refractivity contribution in [3.05, 3.63) is 94.5 Å². The Morgan fingerprint density at radius 1 is 1.06 bits per heavy atom. The summed E-state index contributed by atoms with van der Waals surface area (Å²) in [6.07, 6.45) is 1.96. The van der Waals surface area contributed by atoms with E-state index in [1.54, 1.807) is 16.3 Å². The van der Waals surface area contributed by atoms with Crippen LogP contribution in [0.25, 0.3) is 10.2 Å². The maximum Gasteiger partial charge on any atom is 0.253 e. The van der Waals surface area contributed by atoms with Gasteiger partial charge in [0.15, 0.2) is 4.34 Å². The molecule has 2 atom stereocenters. The first kappa shape index (κ1) is 20.9. The van der Waals surface area contributed by atoms with Gasteiger partial charge in [0.2, 0.25) is 0 Å². The summed E-state index contributed by atoms with van der Waals surface area (Å²) in [5.74, 6) is 0.478. The van der Waals surface area contributed by atoms with E-state index in [2.05, 4.69) is 35.3 Å². The fraction of sp³-hybridized carbons (Fsp3) is 0.192. The normalized spacial score (nSPS) is 19.3. The average molecular weight is 490 g/mol. The summed E-state index contributed by atoms with van der Waals surface area (Å²) in [5.41, 5.74) is 5.54. The highest BCUT2D eigenvalue weighted by atomic mass is 35.5. The van der Waals surface area contributed by atoms with E-state index in [0.717, 1.165) is 38.7 Å². The van der Waals surface area contributed by atoms with E-state index < -0.39 is 0 Å². The van der Waals surface area contributed by atoms with Crippen molar-refractivity contribution < 1.29 is 4.79 Å². The lowest BCUT2D eigenvalue weighted by Crippen LogP contribution is -2.33. The highest BCUT2D eigenvalue weighted by molar-refractivity contribution is 8.01. The Morgan fingerprint density at radius 3 is 2.70 bits per heavy atom. The van der Waals surface area contributed by atoms with Crippen LogP contribution in [-0.4, -0.2) is 27.4 Å². The number of fused-ring (bicyclic) bond motifs is 4. The largest absolute Gasteiger partial charge is 0.272 e. The molecule has 1 amide bonds. The molecule has 0 saturated heterocycles. The predicted molar refractivity (Wildman–Crippen MR) is 136 cm³/mol. The van der Waals surface area contributed by atoms with E-state index in [4.69, 9.17) is 16.7 Å². The number of thioether (sulfide) groups is 1. The van der Waals surface area contributed by atoms with Crippen molar-refractivity contribution >= 4 is 56.5 Å². The molecule has 0 fully saturated rings. The number of benzene rings is 3. The van der Waals surface area contributed by atoms with E-state index in [-0.39, 0.29) is 17.9 Å². The van der Waals surface area contributed by atoms with Crippen molar-refractivity contribution in [1.29, 1.82) is 0 Å². The van der Waals surface area contributed by atoms with Gasteiger partial charge in [-0.3, -0.25) is 4.79 Å². The molecule has 1 aromatic heterocycles. The standard InChI is InChI=1S/C26H20ClN3OS2/c27-18-12-9-17(10-13-18)25-20-14-11-16-5-1-2-6-19(16)24(20)29-30(25)23(31)15-32-26-28-21-7-3-4-8-22(21)33-26/h1-10,12-13,20,25H,11,14-15H2/t20-,25-/m1/s1. The number of thiazole rings is 1. The van der Waals surface area contributed by atoms with Gasteiger partial charge in [-0.05, 0) is 48.2 Å². The SMILES string of the molecule is O=C(CSc1nc2ccccc2s1)N1N=C2c3ccccc3CC[C@H]2[C@H]1c1ccc(Cl)cc1. The topological polar surface area (TPSA) is 45.6 Å². The van der Waals surface area contributed by atoms with Crippen LogP contribution in [0.2, 0.25) is 5.02 Å². The van der Waals surface area contributed by atoms with Crippen LogP contribution in [0, 0.1) is 5.92 Å². The molecule has 3 aromatic carbocycles. The van der Waals surface area contributed by atoms with Gasteiger partial charge in [0.25, 0.3) is 5.91 Å². The van der Waals surface area contributed by atoms with E-state index in [9.17, 15) is 4.79 Å². The Kier molecular flexibility index (Phi) is 5.45. The average Bonchev–Trinajstić information content (AvgIpc) is 3.44. The molecule has 2 heterocycles. The predicted octanol–water partition coefficient (Wildman–Crippen LogP) is 6.59. The van der Waals surface area contributed by atoms with Crippen molar-refractivity contribution in [3.63, 3.8) is 0 Å². The first-order chi connectivity index (χ1) is 16.2. The lowest BCUT2D eigenvalue weighted by atomic mass is 9.77. The second-order valence-corrected chi connectivity index (χ2v) is 10.9. The molecule has 33 heavy (non-hydrogen) atoms. The Labute approximate surface area is 205 Å². The number of hydrazone groups is 1. The van der Waals surface area contributed by atoms with Gasteiger partial charge in [-0.25, -0.2) is 9.99 Å². The number of para-hydroxylation sites is 1. The van der Waals surface area contributed by atoms with Gasteiger partial charge in [-0.15, -0.1) is 11.3 Å². The summed E-state index contributed by atoms with van der Waals surface area (Å²) in [4.78, 5) is 18.1. The number of amides is 1.